The Labute approximate surface area is 159 Å². The van der Waals surface area contributed by atoms with Crippen LogP contribution in [0.5, 0.6) is 5.75 Å². The molecular formula is C20H24N2O4S. The molecule has 0 aliphatic heterocycles. The molecule has 1 heterocycles. The summed E-state index contributed by atoms with van der Waals surface area (Å²) in [7, 11) is -3.24. The van der Waals surface area contributed by atoms with Crippen LogP contribution in [0.3, 0.4) is 0 Å². The van der Waals surface area contributed by atoms with Crippen LogP contribution in [-0.4, -0.2) is 42.0 Å². The van der Waals surface area contributed by atoms with Gasteiger partial charge in [-0.05, 0) is 36.2 Å². The van der Waals surface area contributed by atoms with Crippen molar-refractivity contribution in [3.05, 3.63) is 59.9 Å². The lowest BCUT2D eigenvalue weighted by atomic mass is 10.2. The number of imidazole rings is 1. The van der Waals surface area contributed by atoms with Crippen LogP contribution in [-0.2, 0) is 28.6 Å². The van der Waals surface area contributed by atoms with Crippen molar-refractivity contribution in [2.24, 2.45) is 0 Å². The molecule has 0 amide bonds. The predicted octanol–water partition coefficient (Wildman–Crippen LogP) is 2.58. The summed E-state index contributed by atoms with van der Waals surface area (Å²) in [4.78, 5) is 4.42. The number of nitrogens with zero attached hydrogens (tertiary/aromatic N) is 2. The topological polar surface area (TPSA) is 81.4 Å². The molecule has 0 fully saturated rings. The Bertz CT molecular complexity index is 1030. The van der Waals surface area contributed by atoms with E-state index in [0.717, 1.165) is 17.5 Å². The molecule has 0 saturated heterocycles. The first-order valence-electron chi connectivity index (χ1n) is 8.87. The monoisotopic (exact) mass is 388 g/mol. The number of rotatable bonds is 8. The number of aromatic nitrogens is 2. The molecule has 1 N–H and O–H groups in total. The fraction of sp³-hybridized carbons (Fsp3) is 0.350. The van der Waals surface area contributed by atoms with E-state index < -0.39 is 15.9 Å². The van der Waals surface area contributed by atoms with Crippen LogP contribution < -0.4 is 4.74 Å². The Morgan fingerprint density at radius 3 is 2.70 bits per heavy atom. The third-order valence-corrected chi connectivity index (χ3v) is 5.05. The Balaban J connectivity index is 1.77. The molecule has 3 aromatic rings. The zero-order chi connectivity index (χ0) is 19.4. The molecule has 0 spiro atoms. The summed E-state index contributed by atoms with van der Waals surface area (Å²) < 4.78 is 31.0. The molecule has 2 aromatic carbocycles. The zero-order valence-electron chi connectivity index (χ0n) is 15.5. The predicted molar refractivity (Wildman–Crippen MR) is 106 cm³/mol. The second-order valence-corrected chi connectivity index (χ2v) is 8.80. The van der Waals surface area contributed by atoms with Gasteiger partial charge in [-0.1, -0.05) is 31.2 Å². The zero-order valence-corrected chi connectivity index (χ0v) is 16.3. The third kappa shape index (κ3) is 5.08. The number of para-hydroxylation sites is 2. The van der Waals surface area contributed by atoms with Crippen LogP contribution in [0.15, 0.2) is 48.5 Å². The second kappa shape index (κ2) is 8.10. The van der Waals surface area contributed by atoms with Crippen LogP contribution in [0.4, 0.5) is 0 Å². The molecule has 0 unspecified atom stereocenters. The molecule has 6 nitrogen and oxygen atoms in total. The molecule has 144 valence electrons. The van der Waals surface area contributed by atoms with Crippen LogP contribution in [0.2, 0.25) is 0 Å². The number of aliphatic hydroxyl groups excluding tert-OH is 1. The fourth-order valence-corrected chi connectivity index (χ4v) is 3.67. The lowest BCUT2D eigenvalue weighted by Crippen LogP contribution is -2.25. The first-order valence-corrected chi connectivity index (χ1v) is 10.9. The van der Waals surface area contributed by atoms with Crippen LogP contribution >= 0.6 is 0 Å². The van der Waals surface area contributed by atoms with E-state index in [1.54, 1.807) is 4.57 Å². The van der Waals surface area contributed by atoms with Gasteiger partial charge in [-0.15, -0.1) is 0 Å². The number of hydrogen-bond acceptors (Lipinski definition) is 5. The van der Waals surface area contributed by atoms with Crippen molar-refractivity contribution in [3.8, 4) is 5.75 Å². The summed E-state index contributed by atoms with van der Waals surface area (Å²) in [6, 6.07) is 15.2. The van der Waals surface area contributed by atoms with E-state index in [2.05, 4.69) is 11.9 Å². The average molecular weight is 388 g/mol. The maximum absolute atomic E-state index is 11.7. The van der Waals surface area contributed by atoms with Crippen molar-refractivity contribution in [2.75, 3.05) is 12.9 Å². The maximum atomic E-state index is 11.7. The van der Waals surface area contributed by atoms with E-state index in [0.29, 0.717) is 17.1 Å². The normalized spacial score (nSPS) is 13.0. The van der Waals surface area contributed by atoms with Gasteiger partial charge in [-0.3, -0.25) is 0 Å². The van der Waals surface area contributed by atoms with Gasteiger partial charge in [-0.2, -0.15) is 0 Å². The van der Waals surface area contributed by atoms with E-state index in [9.17, 15) is 13.5 Å². The number of fused-ring (bicyclic) bond motifs is 1. The molecule has 1 atom stereocenters. The van der Waals surface area contributed by atoms with Gasteiger partial charge in [0.2, 0.25) is 0 Å². The summed E-state index contributed by atoms with van der Waals surface area (Å²) in [5.41, 5.74) is 2.67. The van der Waals surface area contributed by atoms with E-state index in [4.69, 9.17) is 4.74 Å². The molecule has 0 bridgehead atoms. The van der Waals surface area contributed by atoms with Gasteiger partial charge in [0.05, 0.1) is 17.6 Å². The largest absolute Gasteiger partial charge is 0.491 e. The number of benzene rings is 2. The standard InChI is InChI=1S/C20H24N2O4S/c1-3-15-7-6-8-17(11-15)26-13-16(23)12-22-19-10-5-4-9-18(19)21-20(22)14-27(2,24)25/h4-11,16,23H,3,12-14H2,1-2H3/t16-/m1/s1. The smallest absolute Gasteiger partial charge is 0.154 e. The van der Waals surface area contributed by atoms with Crippen LogP contribution in [0.1, 0.15) is 18.3 Å². The second-order valence-electron chi connectivity index (χ2n) is 6.66. The highest BCUT2D eigenvalue weighted by Gasteiger charge is 2.18. The van der Waals surface area contributed by atoms with Crippen molar-refractivity contribution in [1.29, 1.82) is 0 Å². The van der Waals surface area contributed by atoms with Crippen molar-refractivity contribution in [2.45, 2.75) is 31.7 Å². The SMILES string of the molecule is CCc1cccc(OC[C@H](O)Cn2c(CS(C)(=O)=O)nc3ccccc32)c1. The Kier molecular flexibility index (Phi) is 5.82. The fourth-order valence-electron chi connectivity index (χ4n) is 2.98. The summed E-state index contributed by atoms with van der Waals surface area (Å²) in [6.07, 6.45) is 1.29. The third-order valence-electron chi connectivity index (χ3n) is 4.27. The number of aryl methyl sites for hydroxylation is 1. The van der Waals surface area contributed by atoms with Gasteiger partial charge < -0.3 is 14.4 Å². The van der Waals surface area contributed by atoms with Crippen LogP contribution in [0.25, 0.3) is 11.0 Å². The van der Waals surface area contributed by atoms with Crippen molar-refractivity contribution >= 4 is 20.9 Å². The molecule has 0 aliphatic rings. The summed E-state index contributed by atoms with van der Waals surface area (Å²) in [6.45, 7) is 2.39. The van der Waals surface area contributed by atoms with Gasteiger partial charge in [0.1, 0.15) is 30.0 Å². The molecule has 27 heavy (non-hydrogen) atoms. The first-order chi connectivity index (χ1) is 12.9. The van der Waals surface area contributed by atoms with E-state index in [1.807, 2.05) is 48.5 Å². The van der Waals surface area contributed by atoms with Gasteiger partial charge >= 0.3 is 0 Å². The summed E-state index contributed by atoms with van der Waals surface area (Å²) in [5.74, 6) is 0.958. The van der Waals surface area contributed by atoms with Gasteiger partial charge in [0, 0.05) is 6.26 Å². The van der Waals surface area contributed by atoms with Gasteiger partial charge in [0.15, 0.2) is 9.84 Å². The van der Waals surface area contributed by atoms with E-state index >= 15 is 0 Å². The van der Waals surface area contributed by atoms with Crippen LogP contribution in [0, 0.1) is 0 Å². The lowest BCUT2D eigenvalue weighted by Gasteiger charge is -2.16. The highest BCUT2D eigenvalue weighted by Crippen LogP contribution is 2.19. The van der Waals surface area contributed by atoms with E-state index in [-0.39, 0.29) is 18.9 Å². The highest BCUT2D eigenvalue weighted by atomic mass is 32.2. The van der Waals surface area contributed by atoms with E-state index in [1.165, 1.54) is 6.26 Å². The molecule has 7 heteroatoms. The first kappa shape index (κ1) is 19.4. The quantitative estimate of drug-likeness (QED) is 0.641. The van der Waals surface area contributed by atoms with Gasteiger partial charge in [0.25, 0.3) is 0 Å². The molecule has 3 rings (SSSR count). The minimum Gasteiger partial charge on any atom is -0.491 e. The van der Waals surface area contributed by atoms with Crippen molar-refractivity contribution in [1.82, 2.24) is 9.55 Å². The molecule has 0 radical (unpaired) electrons. The Morgan fingerprint density at radius 1 is 1.19 bits per heavy atom. The average Bonchev–Trinajstić information content (AvgIpc) is 2.95. The number of aliphatic hydroxyl groups is 1. The maximum Gasteiger partial charge on any atom is 0.154 e. The Hall–Kier alpha value is -2.38. The minimum absolute atomic E-state index is 0.109. The van der Waals surface area contributed by atoms with Crippen molar-refractivity contribution in [3.63, 3.8) is 0 Å². The summed E-state index contributed by atoms with van der Waals surface area (Å²) >= 11 is 0. The highest BCUT2D eigenvalue weighted by molar-refractivity contribution is 7.89. The summed E-state index contributed by atoms with van der Waals surface area (Å²) in [5, 5.41) is 10.5. The molecular weight excluding hydrogens is 364 g/mol. The van der Waals surface area contributed by atoms with Crippen molar-refractivity contribution < 1.29 is 18.3 Å². The molecule has 0 aliphatic carbocycles. The lowest BCUT2D eigenvalue weighted by molar-refractivity contribution is 0.0928. The number of hydrogen-bond donors (Lipinski definition) is 1. The number of ether oxygens (including phenoxy) is 1. The minimum atomic E-state index is -3.24. The number of sulfone groups is 1. The molecule has 1 aromatic heterocycles. The van der Waals surface area contributed by atoms with Gasteiger partial charge in [-0.25, -0.2) is 13.4 Å². The Morgan fingerprint density at radius 2 is 1.96 bits per heavy atom. The molecule has 0 saturated carbocycles.